The van der Waals surface area contributed by atoms with E-state index in [-0.39, 0.29) is 0 Å². The van der Waals surface area contributed by atoms with Crippen LogP contribution in [0.3, 0.4) is 0 Å². The van der Waals surface area contributed by atoms with Crippen molar-refractivity contribution in [2.75, 3.05) is 19.7 Å². The molecule has 2 N–H and O–H groups in total. The van der Waals surface area contributed by atoms with Crippen molar-refractivity contribution < 1.29 is 23.9 Å². The Morgan fingerprint density at radius 1 is 1.20 bits per heavy atom. The van der Waals surface area contributed by atoms with Crippen molar-refractivity contribution in [3.63, 3.8) is 0 Å². The maximum atomic E-state index is 12.8. The molecule has 0 radical (unpaired) electrons. The third-order valence-corrected chi connectivity index (χ3v) is 5.41. The highest BCUT2D eigenvalue weighted by Gasteiger charge is 2.49. The van der Waals surface area contributed by atoms with Crippen LogP contribution in [0.1, 0.15) is 52.0 Å². The van der Waals surface area contributed by atoms with Gasteiger partial charge in [0.05, 0.1) is 0 Å². The molecule has 1 aliphatic rings. The van der Waals surface area contributed by atoms with Crippen molar-refractivity contribution in [1.29, 1.82) is 0 Å². The first-order valence-electron chi connectivity index (χ1n) is 10.4. The molecule has 0 saturated carbocycles. The van der Waals surface area contributed by atoms with Gasteiger partial charge in [0.25, 0.3) is 11.8 Å². The number of esters is 1. The predicted octanol–water partition coefficient (Wildman–Crippen LogP) is 2.33. The van der Waals surface area contributed by atoms with Crippen molar-refractivity contribution in [2.24, 2.45) is 5.92 Å². The highest BCUT2D eigenvalue weighted by Crippen LogP contribution is 2.28. The minimum absolute atomic E-state index is 0.395. The van der Waals surface area contributed by atoms with E-state index < -0.39 is 42.5 Å². The lowest BCUT2D eigenvalue weighted by atomic mass is 9.92. The number of nitrogens with one attached hydrogen (secondary N) is 2. The summed E-state index contributed by atoms with van der Waals surface area (Å²) in [7, 11) is 0. The third kappa shape index (κ3) is 5.81. The number of ether oxygens (including phenoxy) is 1. The number of imide groups is 1. The van der Waals surface area contributed by atoms with Crippen LogP contribution in [0.5, 0.6) is 0 Å². The molecule has 1 fully saturated rings. The summed E-state index contributed by atoms with van der Waals surface area (Å²) in [6, 6.07) is 8.13. The monoisotopic (exact) mass is 417 g/mol. The van der Waals surface area contributed by atoms with E-state index in [9.17, 15) is 19.2 Å². The van der Waals surface area contributed by atoms with Gasteiger partial charge in [-0.15, -0.1) is 0 Å². The number of hydrogen-bond donors (Lipinski definition) is 2. The quantitative estimate of drug-likeness (QED) is 0.425. The molecule has 0 aromatic heterocycles. The summed E-state index contributed by atoms with van der Waals surface area (Å²) in [6.45, 7) is 5.34. The van der Waals surface area contributed by atoms with Gasteiger partial charge in [0.1, 0.15) is 12.1 Å². The Kier molecular flexibility index (Phi) is 8.38. The molecule has 2 atom stereocenters. The normalized spacial score (nSPS) is 19.4. The van der Waals surface area contributed by atoms with Gasteiger partial charge >= 0.3 is 12.0 Å². The second-order valence-electron chi connectivity index (χ2n) is 7.69. The molecule has 8 heteroatoms. The Balaban J connectivity index is 1.82. The molecule has 164 valence electrons. The van der Waals surface area contributed by atoms with Gasteiger partial charge in [-0.1, -0.05) is 63.4 Å². The minimum atomic E-state index is -1.25. The zero-order chi connectivity index (χ0) is 22.1. The topological polar surface area (TPSA) is 105 Å². The summed E-state index contributed by atoms with van der Waals surface area (Å²) >= 11 is 0. The molecule has 30 heavy (non-hydrogen) atoms. The third-order valence-electron chi connectivity index (χ3n) is 5.41. The molecule has 1 aliphatic heterocycles. The smallest absolute Gasteiger partial charge is 0.326 e. The number of hydrogen-bond acceptors (Lipinski definition) is 5. The lowest BCUT2D eigenvalue weighted by Crippen LogP contribution is -2.42. The van der Waals surface area contributed by atoms with Crippen LogP contribution in [0.4, 0.5) is 4.79 Å². The Morgan fingerprint density at radius 2 is 1.90 bits per heavy atom. The van der Waals surface area contributed by atoms with Gasteiger partial charge in [0.2, 0.25) is 0 Å². The Bertz CT molecular complexity index is 767. The van der Waals surface area contributed by atoms with Crippen molar-refractivity contribution >= 4 is 23.8 Å². The summed E-state index contributed by atoms with van der Waals surface area (Å²) in [6.07, 6.45) is 4.22. The maximum Gasteiger partial charge on any atom is 0.326 e. The second kappa shape index (κ2) is 10.8. The first kappa shape index (κ1) is 23.4. The summed E-state index contributed by atoms with van der Waals surface area (Å²) in [5.41, 5.74) is -0.629. The maximum absolute atomic E-state index is 12.8. The fourth-order valence-corrected chi connectivity index (χ4v) is 3.38. The van der Waals surface area contributed by atoms with E-state index in [4.69, 9.17) is 4.74 Å². The molecule has 0 aliphatic carbocycles. The average molecular weight is 418 g/mol. The zero-order valence-corrected chi connectivity index (χ0v) is 17.9. The number of unbranched alkanes of at least 4 members (excludes halogenated alkanes) is 1. The number of carbonyl (C=O) groups excluding carboxylic acids is 4. The molecule has 1 aromatic rings. The first-order valence-corrected chi connectivity index (χ1v) is 10.4. The molecule has 0 spiro atoms. The van der Waals surface area contributed by atoms with Crippen LogP contribution in [0, 0.1) is 5.92 Å². The lowest BCUT2D eigenvalue weighted by molar-refractivity contribution is -0.151. The summed E-state index contributed by atoms with van der Waals surface area (Å²) in [5.74, 6) is -1.36. The van der Waals surface area contributed by atoms with Gasteiger partial charge in [0, 0.05) is 6.54 Å². The molecule has 1 saturated heterocycles. The molecule has 8 nitrogen and oxygen atoms in total. The van der Waals surface area contributed by atoms with E-state index >= 15 is 0 Å². The van der Waals surface area contributed by atoms with Gasteiger partial charge in [0.15, 0.2) is 6.61 Å². The largest absolute Gasteiger partial charge is 0.454 e. The van der Waals surface area contributed by atoms with Crippen LogP contribution in [-0.2, 0) is 24.7 Å². The van der Waals surface area contributed by atoms with Crippen LogP contribution in [-0.4, -0.2) is 48.4 Å². The number of carbonyl (C=O) groups is 4. The van der Waals surface area contributed by atoms with Gasteiger partial charge < -0.3 is 15.4 Å². The van der Waals surface area contributed by atoms with Crippen LogP contribution >= 0.6 is 0 Å². The average Bonchev–Trinajstić information content (AvgIpc) is 2.97. The van der Waals surface area contributed by atoms with Gasteiger partial charge in [-0.2, -0.15) is 0 Å². The molecular weight excluding hydrogens is 386 g/mol. The van der Waals surface area contributed by atoms with E-state index in [1.807, 2.05) is 0 Å². The van der Waals surface area contributed by atoms with Crippen LogP contribution in [0.15, 0.2) is 30.3 Å². The first-order chi connectivity index (χ1) is 14.3. The minimum Gasteiger partial charge on any atom is -0.454 e. The highest BCUT2D eigenvalue weighted by atomic mass is 16.5. The van der Waals surface area contributed by atoms with Gasteiger partial charge in [-0.3, -0.25) is 19.3 Å². The van der Waals surface area contributed by atoms with Gasteiger partial charge in [-0.25, -0.2) is 4.79 Å². The Labute approximate surface area is 177 Å². The van der Waals surface area contributed by atoms with Crippen molar-refractivity contribution in [3.8, 4) is 0 Å². The second-order valence-corrected chi connectivity index (χ2v) is 7.69. The number of amides is 4. The SMILES string of the molecule is CCCC[C@H](CC)CNC(=O)COC(=O)CN1C(=O)N[C@](C)(c2ccccc2)C1=O. The number of rotatable bonds is 11. The van der Waals surface area contributed by atoms with Crippen molar-refractivity contribution in [3.05, 3.63) is 35.9 Å². The molecule has 0 bridgehead atoms. The summed E-state index contributed by atoms with van der Waals surface area (Å²) in [5, 5.41) is 5.39. The zero-order valence-electron chi connectivity index (χ0n) is 17.9. The molecular formula is C22H31N3O5. The Hall–Kier alpha value is -2.90. The van der Waals surface area contributed by atoms with E-state index in [0.717, 1.165) is 30.6 Å². The lowest BCUT2D eigenvalue weighted by Gasteiger charge is -2.21. The predicted molar refractivity (Wildman–Crippen MR) is 111 cm³/mol. The molecule has 1 aromatic carbocycles. The molecule has 4 amide bonds. The number of nitrogens with zero attached hydrogens (tertiary/aromatic N) is 1. The highest BCUT2D eigenvalue weighted by molar-refractivity contribution is 6.08. The number of urea groups is 1. The van der Waals surface area contributed by atoms with E-state index in [2.05, 4.69) is 24.5 Å². The standard InChI is InChI=1S/C22H31N3O5/c1-4-6-10-16(5-2)13-23-18(26)15-30-19(27)14-25-20(28)22(3,24-21(25)29)17-11-8-7-9-12-17/h7-9,11-12,16H,4-6,10,13-15H2,1-3H3,(H,23,26)(H,24,29)/t16-,22+/m0/s1. The van der Waals surface area contributed by atoms with E-state index in [1.165, 1.54) is 0 Å². The summed E-state index contributed by atoms with van der Waals surface area (Å²) in [4.78, 5) is 49.9. The fourth-order valence-electron chi connectivity index (χ4n) is 3.38. The van der Waals surface area contributed by atoms with Crippen LogP contribution in [0.2, 0.25) is 0 Å². The van der Waals surface area contributed by atoms with Crippen LogP contribution < -0.4 is 10.6 Å². The fraction of sp³-hybridized carbons (Fsp3) is 0.545. The van der Waals surface area contributed by atoms with E-state index in [1.54, 1.807) is 37.3 Å². The van der Waals surface area contributed by atoms with Crippen LogP contribution in [0.25, 0.3) is 0 Å². The van der Waals surface area contributed by atoms with Crippen molar-refractivity contribution in [1.82, 2.24) is 15.5 Å². The molecule has 1 heterocycles. The number of benzene rings is 1. The Morgan fingerprint density at radius 3 is 2.53 bits per heavy atom. The molecule has 0 unspecified atom stereocenters. The van der Waals surface area contributed by atoms with E-state index in [0.29, 0.717) is 18.0 Å². The van der Waals surface area contributed by atoms with Gasteiger partial charge in [-0.05, 0) is 24.8 Å². The van der Waals surface area contributed by atoms with Crippen molar-refractivity contribution in [2.45, 2.75) is 52.0 Å². The summed E-state index contributed by atoms with van der Waals surface area (Å²) < 4.78 is 4.96. The molecule has 2 rings (SSSR count).